The van der Waals surface area contributed by atoms with Crippen LogP contribution in [-0.4, -0.2) is 31.5 Å². The smallest absolute Gasteiger partial charge is 0.161 e. The number of hydrogen-bond donors (Lipinski definition) is 1. The molecule has 0 saturated carbocycles. The van der Waals surface area contributed by atoms with Gasteiger partial charge in [-0.2, -0.15) is 0 Å². The van der Waals surface area contributed by atoms with E-state index in [1.54, 1.807) is 0 Å². The van der Waals surface area contributed by atoms with Crippen LogP contribution >= 0.6 is 0 Å². The average Bonchev–Trinajstić information content (AvgIpc) is 2.96. The quantitative estimate of drug-likeness (QED) is 0.870. The van der Waals surface area contributed by atoms with Crippen molar-refractivity contribution in [3.8, 4) is 11.5 Å². The van der Waals surface area contributed by atoms with Crippen molar-refractivity contribution >= 4 is 0 Å². The van der Waals surface area contributed by atoms with E-state index in [1.807, 2.05) is 39.0 Å². The normalized spacial score (nSPS) is 21.5. The fraction of sp³-hybridized carbons (Fsp3) is 0.625. The Bertz CT molecular complexity index is 436. The average molecular weight is 280 g/mol. The number of ether oxygens (including phenoxy) is 3. The standard InChI is InChI=1S/C16H24O4/c1-4-19-14-7-6-12(10-15(14)20-5-2)16(3,17)13-8-9-18-11-13/h6-7,10,13,17H,4-5,8-9,11H2,1-3H3. The van der Waals surface area contributed by atoms with Crippen molar-refractivity contribution in [3.05, 3.63) is 23.8 Å². The lowest BCUT2D eigenvalue weighted by Crippen LogP contribution is -2.32. The zero-order valence-electron chi connectivity index (χ0n) is 12.5. The first-order chi connectivity index (χ1) is 9.59. The SMILES string of the molecule is CCOc1ccc(C(C)(O)C2CCOC2)cc1OCC. The summed E-state index contributed by atoms with van der Waals surface area (Å²) in [6.07, 6.45) is 0.879. The number of hydrogen-bond acceptors (Lipinski definition) is 4. The van der Waals surface area contributed by atoms with Gasteiger partial charge in [-0.15, -0.1) is 0 Å². The van der Waals surface area contributed by atoms with Crippen LogP contribution in [0.25, 0.3) is 0 Å². The molecule has 4 heteroatoms. The summed E-state index contributed by atoms with van der Waals surface area (Å²) in [6, 6.07) is 5.66. The zero-order valence-corrected chi connectivity index (χ0v) is 12.5. The van der Waals surface area contributed by atoms with Gasteiger partial charge >= 0.3 is 0 Å². The van der Waals surface area contributed by atoms with E-state index in [1.165, 1.54) is 0 Å². The van der Waals surface area contributed by atoms with Gasteiger partial charge in [-0.1, -0.05) is 6.07 Å². The van der Waals surface area contributed by atoms with Crippen molar-refractivity contribution in [1.29, 1.82) is 0 Å². The summed E-state index contributed by atoms with van der Waals surface area (Å²) < 4.78 is 16.6. The highest BCUT2D eigenvalue weighted by atomic mass is 16.5. The van der Waals surface area contributed by atoms with Crippen LogP contribution in [0.3, 0.4) is 0 Å². The maximum Gasteiger partial charge on any atom is 0.161 e. The number of rotatable bonds is 6. The summed E-state index contributed by atoms with van der Waals surface area (Å²) in [5.74, 6) is 1.53. The van der Waals surface area contributed by atoms with Gasteiger partial charge in [0.25, 0.3) is 0 Å². The predicted octanol–water partition coefficient (Wildman–Crippen LogP) is 2.73. The summed E-state index contributed by atoms with van der Waals surface area (Å²) in [4.78, 5) is 0. The molecule has 1 aliphatic heterocycles. The summed E-state index contributed by atoms with van der Waals surface area (Å²) in [5, 5.41) is 10.8. The van der Waals surface area contributed by atoms with Gasteiger partial charge in [0.2, 0.25) is 0 Å². The lowest BCUT2D eigenvalue weighted by atomic mass is 9.82. The minimum atomic E-state index is -0.910. The van der Waals surface area contributed by atoms with Crippen LogP contribution < -0.4 is 9.47 Å². The fourth-order valence-corrected chi connectivity index (χ4v) is 2.58. The van der Waals surface area contributed by atoms with Crippen LogP contribution in [0.1, 0.15) is 32.8 Å². The molecule has 2 unspecified atom stereocenters. The zero-order chi connectivity index (χ0) is 14.6. The topological polar surface area (TPSA) is 47.9 Å². The van der Waals surface area contributed by atoms with Crippen LogP contribution in [0.15, 0.2) is 18.2 Å². The van der Waals surface area contributed by atoms with Crippen molar-refractivity contribution in [2.75, 3.05) is 26.4 Å². The van der Waals surface area contributed by atoms with Crippen LogP contribution in [0, 0.1) is 5.92 Å². The highest BCUT2D eigenvalue weighted by Crippen LogP contribution is 2.38. The second kappa shape index (κ2) is 6.46. The molecule has 0 amide bonds. The third kappa shape index (κ3) is 3.07. The molecule has 1 heterocycles. The third-order valence-corrected chi connectivity index (χ3v) is 3.85. The second-order valence-corrected chi connectivity index (χ2v) is 5.24. The minimum Gasteiger partial charge on any atom is -0.490 e. The van der Waals surface area contributed by atoms with E-state index in [0.29, 0.717) is 25.6 Å². The molecule has 112 valence electrons. The highest BCUT2D eigenvalue weighted by Gasteiger charge is 2.36. The van der Waals surface area contributed by atoms with E-state index >= 15 is 0 Å². The Hall–Kier alpha value is -1.26. The molecule has 1 saturated heterocycles. The van der Waals surface area contributed by atoms with E-state index in [4.69, 9.17) is 14.2 Å². The van der Waals surface area contributed by atoms with E-state index < -0.39 is 5.60 Å². The van der Waals surface area contributed by atoms with Gasteiger partial charge in [0.15, 0.2) is 11.5 Å². The molecule has 1 fully saturated rings. The fourth-order valence-electron chi connectivity index (χ4n) is 2.58. The van der Waals surface area contributed by atoms with Crippen LogP contribution in [-0.2, 0) is 10.3 Å². The van der Waals surface area contributed by atoms with E-state index in [9.17, 15) is 5.11 Å². The van der Waals surface area contributed by atoms with Gasteiger partial charge in [-0.05, 0) is 44.9 Å². The maximum atomic E-state index is 10.8. The Balaban J connectivity index is 2.29. The van der Waals surface area contributed by atoms with E-state index in [0.717, 1.165) is 24.3 Å². The monoisotopic (exact) mass is 280 g/mol. The van der Waals surface area contributed by atoms with Crippen LogP contribution in [0.4, 0.5) is 0 Å². The molecule has 20 heavy (non-hydrogen) atoms. The van der Waals surface area contributed by atoms with Crippen LogP contribution in [0.2, 0.25) is 0 Å². The van der Waals surface area contributed by atoms with Crippen molar-refractivity contribution < 1.29 is 19.3 Å². The largest absolute Gasteiger partial charge is 0.490 e. The molecule has 1 aromatic rings. The number of aliphatic hydroxyl groups is 1. The molecule has 0 aliphatic carbocycles. The molecular formula is C16H24O4. The first kappa shape index (κ1) is 15.1. The van der Waals surface area contributed by atoms with Crippen molar-refractivity contribution in [2.24, 2.45) is 5.92 Å². The van der Waals surface area contributed by atoms with Crippen molar-refractivity contribution in [2.45, 2.75) is 32.8 Å². The molecule has 1 aromatic carbocycles. The molecule has 2 atom stereocenters. The maximum absolute atomic E-state index is 10.8. The van der Waals surface area contributed by atoms with Gasteiger partial charge in [0.1, 0.15) is 0 Å². The molecule has 0 bridgehead atoms. The molecule has 1 aliphatic rings. The third-order valence-electron chi connectivity index (χ3n) is 3.85. The van der Waals surface area contributed by atoms with Crippen LogP contribution in [0.5, 0.6) is 11.5 Å². The van der Waals surface area contributed by atoms with Gasteiger partial charge < -0.3 is 19.3 Å². The molecule has 0 radical (unpaired) electrons. The van der Waals surface area contributed by atoms with Crippen molar-refractivity contribution in [1.82, 2.24) is 0 Å². The predicted molar refractivity (Wildman–Crippen MR) is 77.3 cm³/mol. The van der Waals surface area contributed by atoms with Gasteiger partial charge in [-0.25, -0.2) is 0 Å². The summed E-state index contributed by atoms with van der Waals surface area (Å²) in [5.41, 5.74) is -0.0625. The molecule has 0 aromatic heterocycles. The highest BCUT2D eigenvalue weighted by molar-refractivity contribution is 5.44. The Kier molecular flexibility index (Phi) is 4.89. The van der Waals surface area contributed by atoms with Gasteiger partial charge in [-0.3, -0.25) is 0 Å². The summed E-state index contributed by atoms with van der Waals surface area (Å²) >= 11 is 0. The Morgan fingerprint density at radius 3 is 2.55 bits per heavy atom. The summed E-state index contributed by atoms with van der Waals surface area (Å²) in [6.45, 7) is 8.20. The Labute approximate surface area is 120 Å². The van der Waals surface area contributed by atoms with Crippen molar-refractivity contribution in [3.63, 3.8) is 0 Å². The second-order valence-electron chi connectivity index (χ2n) is 5.24. The van der Waals surface area contributed by atoms with E-state index in [-0.39, 0.29) is 5.92 Å². The molecule has 2 rings (SSSR count). The summed E-state index contributed by atoms with van der Waals surface area (Å²) in [7, 11) is 0. The van der Waals surface area contributed by atoms with Gasteiger partial charge in [0, 0.05) is 12.5 Å². The first-order valence-corrected chi connectivity index (χ1v) is 7.29. The van der Waals surface area contributed by atoms with E-state index in [2.05, 4.69) is 0 Å². The lowest BCUT2D eigenvalue weighted by Gasteiger charge is -2.30. The van der Waals surface area contributed by atoms with Gasteiger partial charge in [0.05, 0.1) is 25.4 Å². The minimum absolute atomic E-state index is 0.120. The first-order valence-electron chi connectivity index (χ1n) is 7.29. The Morgan fingerprint density at radius 1 is 1.25 bits per heavy atom. The molecule has 0 spiro atoms. The molecule has 4 nitrogen and oxygen atoms in total. The lowest BCUT2D eigenvalue weighted by molar-refractivity contribution is -0.00993. The number of benzene rings is 1. The molecular weight excluding hydrogens is 256 g/mol. The Morgan fingerprint density at radius 2 is 1.95 bits per heavy atom. The molecule has 1 N–H and O–H groups in total.